The van der Waals surface area contributed by atoms with Crippen molar-refractivity contribution in [2.45, 2.75) is 76.2 Å². The third-order valence-corrected chi connectivity index (χ3v) is 12.6. The van der Waals surface area contributed by atoms with E-state index in [4.69, 9.17) is 11.6 Å². The van der Waals surface area contributed by atoms with Gasteiger partial charge in [-0.15, -0.1) is 5.10 Å². The second-order valence-corrected chi connectivity index (χ2v) is 16.6. The average molecular weight is 784 g/mol. The third kappa shape index (κ3) is 7.18. The molecule has 1 spiro atoms. The highest BCUT2D eigenvalue weighted by Crippen LogP contribution is 2.56. The lowest BCUT2D eigenvalue weighted by Gasteiger charge is -2.59. The van der Waals surface area contributed by atoms with Crippen molar-refractivity contribution >= 4 is 45.9 Å². The number of imide groups is 1. The smallest absolute Gasteiger partial charge is 0.328 e. The summed E-state index contributed by atoms with van der Waals surface area (Å²) in [5.41, 5.74) is 5.65. The zero-order chi connectivity index (χ0) is 39.3. The van der Waals surface area contributed by atoms with Crippen LogP contribution in [-0.2, 0) is 4.79 Å². The highest BCUT2D eigenvalue weighted by Gasteiger charge is 2.52. The van der Waals surface area contributed by atoms with Gasteiger partial charge < -0.3 is 10.2 Å². The second-order valence-electron chi connectivity index (χ2n) is 16.2. The quantitative estimate of drug-likeness (QED) is 0.163. The van der Waals surface area contributed by atoms with Crippen molar-refractivity contribution in [2.75, 3.05) is 36.4 Å². The van der Waals surface area contributed by atoms with Crippen LogP contribution in [0.4, 0.5) is 16.2 Å². The SMILES string of the molecule is C[C@H](C#N)Nc1cc(-n2ncc3cc(C#N)cnc32)ncc1-n1cc(C2CCC(CCN3CC4(CC(c5ccc(N6CCC(=O)NC6=O)c(Cl)c5)C4)C3)CC2)nn1. The van der Waals surface area contributed by atoms with Crippen molar-refractivity contribution in [3.05, 3.63) is 77.0 Å². The molecule has 1 atom stereocenters. The number of fused-ring (bicyclic) bond motifs is 1. The fourth-order valence-corrected chi connectivity index (χ4v) is 9.58. The van der Waals surface area contributed by atoms with Crippen LogP contribution in [-0.4, -0.2) is 83.8 Å². The maximum absolute atomic E-state index is 12.3. The first kappa shape index (κ1) is 36.7. The molecule has 0 unspecified atom stereocenters. The summed E-state index contributed by atoms with van der Waals surface area (Å²) in [7, 11) is 0. The monoisotopic (exact) mass is 783 g/mol. The number of carbonyl (C=O) groups excluding carboxylic acids is 2. The number of hydrogen-bond donors (Lipinski definition) is 2. The van der Waals surface area contributed by atoms with Gasteiger partial charge in [-0.3, -0.25) is 15.0 Å². The number of hydrogen-bond acceptors (Lipinski definition) is 11. The molecule has 2 aliphatic heterocycles. The zero-order valence-electron chi connectivity index (χ0n) is 31.6. The Hall–Kier alpha value is -5.90. The molecule has 2 aliphatic carbocycles. The molecule has 9 rings (SSSR count). The molecule has 4 fully saturated rings. The van der Waals surface area contributed by atoms with Crippen molar-refractivity contribution in [2.24, 2.45) is 11.3 Å². The molecule has 3 amide bonds. The largest absolute Gasteiger partial charge is 0.368 e. The Balaban J connectivity index is 0.761. The van der Waals surface area contributed by atoms with Crippen molar-refractivity contribution in [3.63, 3.8) is 0 Å². The second kappa shape index (κ2) is 14.9. The van der Waals surface area contributed by atoms with E-state index in [1.165, 1.54) is 43.9 Å². The van der Waals surface area contributed by atoms with Crippen LogP contribution in [0.1, 0.15) is 86.9 Å². The number of urea groups is 1. The molecule has 290 valence electrons. The van der Waals surface area contributed by atoms with Crippen molar-refractivity contribution < 1.29 is 9.59 Å². The summed E-state index contributed by atoms with van der Waals surface area (Å²) >= 11 is 6.64. The van der Waals surface area contributed by atoms with Gasteiger partial charge in [0.15, 0.2) is 11.5 Å². The summed E-state index contributed by atoms with van der Waals surface area (Å²) in [6.45, 7) is 5.60. The lowest BCUT2D eigenvalue weighted by Crippen LogP contribution is -2.61. The van der Waals surface area contributed by atoms with Crippen molar-refractivity contribution in [1.82, 2.24) is 45.0 Å². The predicted octanol–water partition coefficient (Wildman–Crippen LogP) is 6.24. The number of pyridine rings is 2. The van der Waals surface area contributed by atoms with Gasteiger partial charge in [0, 0.05) is 49.6 Å². The van der Waals surface area contributed by atoms with Gasteiger partial charge in [0.1, 0.15) is 17.8 Å². The molecule has 15 nitrogen and oxygen atoms in total. The van der Waals surface area contributed by atoms with Crippen LogP contribution < -0.4 is 15.5 Å². The number of halogens is 1. The molecule has 2 N–H and O–H groups in total. The van der Waals surface area contributed by atoms with E-state index in [1.807, 2.05) is 24.4 Å². The van der Waals surface area contributed by atoms with Crippen LogP contribution in [0, 0.1) is 34.0 Å². The Morgan fingerprint density at radius 3 is 2.60 bits per heavy atom. The Morgan fingerprint density at radius 2 is 1.84 bits per heavy atom. The number of rotatable bonds is 10. The number of nitrogens with one attached hydrogen (secondary N) is 2. The summed E-state index contributed by atoms with van der Waals surface area (Å²) in [5.74, 6) is 1.81. The minimum absolute atomic E-state index is 0.253. The first-order valence-corrected chi connectivity index (χ1v) is 20.0. The topological polar surface area (TPSA) is 187 Å². The van der Waals surface area contributed by atoms with Gasteiger partial charge in [-0.25, -0.2) is 19.4 Å². The standard InChI is InChI=1S/C41H42ClN13O2/c1-25(17-43)48-33-14-37(55-39-30(20-47-55)12-27(18-44)19-46-39)45-21-36(33)54-22-34(50-51-54)28-4-2-26(3-5-28)8-10-52-23-41(24-52)15-31(16-41)29-6-7-35(32(42)13-29)53-11-9-38(56)49-40(53)57/h6-7,12-14,19-22,25-26,28,31H,2-5,8-11,15-16,23-24H2,1H3,(H,45,48)(H,49,56,57)/t25-,26?,28?/m1/s1. The van der Waals surface area contributed by atoms with Crippen molar-refractivity contribution in [1.29, 1.82) is 10.5 Å². The van der Waals surface area contributed by atoms with Gasteiger partial charge in [-0.2, -0.15) is 20.3 Å². The van der Waals surface area contributed by atoms with E-state index in [2.05, 4.69) is 59.1 Å². The molecular weight excluding hydrogens is 742 g/mol. The number of amides is 3. The van der Waals surface area contributed by atoms with E-state index in [0.717, 1.165) is 43.6 Å². The van der Waals surface area contributed by atoms with Gasteiger partial charge in [0.25, 0.3) is 0 Å². The lowest BCUT2D eigenvalue weighted by atomic mass is 9.56. The maximum atomic E-state index is 12.3. The molecule has 1 aromatic carbocycles. The summed E-state index contributed by atoms with van der Waals surface area (Å²) in [4.78, 5) is 37.1. The van der Waals surface area contributed by atoms with Gasteiger partial charge in [-0.05, 0) is 99.4 Å². The molecule has 4 aromatic heterocycles. The van der Waals surface area contributed by atoms with Crippen LogP contribution in [0.3, 0.4) is 0 Å². The Bertz CT molecular complexity index is 2440. The summed E-state index contributed by atoms with van der Waals surface area (Å²) in [6, 6.07) is 13.0. The lowest BCUT2D eigenvalue weighted by molar-refractivity contribution is -0.120. The minimum atomic E-state index is -0.466. The van der Waals surface area contributed by atoms with Crippen LogP contribution in [0.5, 0.6) is 0 Å². The van der Waals surface area contributed by atoms with Crippen LogP contribution in [0.25, 0.3) is 22.5 Å². The Kier molecular flexibility index (Phi) is 9.59. The van der Waals surface area contributed by atoms with Crippen LogP contribution in [0.2, 0.25) is 5.02 Å². The number of nitriles is 2. The summed E-state index contributed by atoms with van der Waals surface area (Å²) < 4.78 is 3.35. The fraction of sp³-hybridized carbons (Fsp3) is 0.439. The molecule has 0 bridgehead atoms. The van der Waals surface area contributed by atoms with Crippen LogP contribution in [0.15, 0.2) is 55.1 Å². The molecule has 57 heavy (non-hydrogen) atoms. The number of aromatic nitrogens is 7. The van der Waals surface area contributed by atoms with Gasteiger partial charge in [0.05, 0.1) is 52.3 Å². The molecule has 16 heteroatoms. The number of anilines is 2. The molecule has 6 heterocycles. The fourth-order valence-electron chi connectivity index (χ4n) is 9.29. The van der Waals surface area contributed by atoms with Crippen LogP contribution >= 0.6 is 11.6 Å². The first-order chi connectivity index (χ1) is 27.7. The highest BCUT2D eigenvalue weighted by molar-refractivity contribution is 6.34. The molecular formula is C41H42ClN13O2. The maximum Gasteiger partial charge on any atom is 0.328 e. The molecule has 2 saturated heterocycles. The van der Waals surface area contributed by atoms with E-state index in [0.29, 0.717) is 68.8 Å². The third-order valence-electron chi connectivity index (χ3n) is 12.3. The average Bonchev–Trinajstić information content (AvgIpc) is 3.85. The molecule has 4 aliphatic rings. The van der Waals surface area contributed by atoms with Gasteiger partial charge in [-0.1, -0.05) is 22.9 Å². The van der Waals surface area contributed by atoms with Crippen molar-refractivity contribution in [3.8, 4) is 23.6 Å². The van der Waals surface area contributed by atoms with E-state index in [1.54, 1.807) is 39.6 Å². The summed E-state index contributed by atoms with van der Waals surface area (Å²) in [6.07, 6.45) is 15.2. The van der Waals surface area contributed by atoms with E-state index < -0.39 is 12.1 Å². The normalized spacial score (nSPS) is 21.4. The van der Waals surface area contributed by atoms with E-state index in [-0.39, 0.29) is 12.3 Å². The molecule has 2 saturated carbocycles. The first-order valence-electron chi connectivity index (χ1n) is 19.6. The van der Waals surface area contributed by atoms with Gasteiger partial charge in [0.2, 0.25) is 5.91 Å². The Labute approximate surface area is 334 Å². The van der Waals surface area contributed by atoms with E-state index >= 15 is 0 Å². The minimum Gasteiger partial charge on any atom is -0.368 e. The number of carbonyl (C=O) groups is 2. The predicted molar refractivity (Wildman–Crippen MR) is 212 cm³/mol. The zero-order valence-corrected chi connectivity index (χ0v) is 32.4. The van der Waals surface area contributed by atoms with E-state index in [9.17, 15) is 20.1 Å². The number of likely N-dealkylation sites (tertiary alicyclic amines) is 1. The number of benzene rings is 1. The molecule has 5 aromatic rings. The molecule has 0 radical (unpaired) electrons. The number of nitrogens with zero attached hydrogens (tertiary/aromatic N) is 11. The highest BCUT2D eigenvalue weighted by atomic mass is 35.5. The summed E-state index contributed by atoms with van der Waals surface area (Å²) in [5, 5.41) is 39.3. The Morgan fingerprint density at radius 1 is 1.02 bits per heavy atom. The van der Waals surface area contributed by atoms with Gasteiger partial charge >= 0.3 is 6.03 Å².